The van der Waals surface area contributed by atoms with Crippen LogP contribution in [0.4, 0.5) is 5.69 Å². The van der Waals surface area contributed by atoms with E-state index in [4.69, 9.17) is 5.11 Å². The number of aromatic nitrogens is 1. The van der Waals surface area contributed by atoms with Gasteiger partial charge < -0.3 is 5.11 Å². The molecule has 0 amide bonds. The molecule has 0 aliphatic carbocycles. The Morgan fingerprint density at radius 1 is 1.75 bits per heavy atom. The zero-order valence-corrected chi connectivity index (χ0v) is 10.5. The molecule has 86 valence electrons. The Morgan fingerprint density at radius 2 is 2.38 bits per heavy atom. The normalized spacial score (nSPS) is 12.1. The Labute approximate surface area is 103 Å². The van der Waals surface area contributed by atoms with E-state index in [0.717, 1.165) is 11.8 Å². The second-order valence-electron chi connectivity index (χ2n) is 2.83. The molecule has 1 unspecified atom stereocenters. The second kappa shape index (κ2) is 5.26. The fourth-order valence-corrected chi connectivity index (χ4v) is 1.98. The van der Waals surface area contributed by atoms with E-state index in [1.165, 1.54) is 19.2 Å². The van der Waals surface area contributed by atoms with Gasteiger partial charge in [0.2, 0.25) is 0 Å². The number of rotatable bonds is 4. The van der Waals surface area contributed by atoms with Gasteiger partial charge in [-0.15, -0.1) is 0 Å². The highest BCUT2D eigenvalue weighted by Gasteiger charge is 2.21. The molecule has 0 aromatic carbocycles. The lowest BCUT2D eigenvalue weighted by atomic mass is 10.4. The van der Waals surface area contributed by atoms with Gasteiger partial charge in [0.25, 0.3) is 0 Å². The molecule has 0 bridgehead atoms. The zero-order chi connectivity index (χ0) is 12.3. The fraction of sp³-hybridized carbons (Fsp3) is 0.250. The highest BCUT2D eigenvalue weighted by molar-refractivity contribution is 9.10. The van der Waals surface area contributed by atoms with Crippen LogP contribution in [0, 0.1) is 10.1 Å². The Balaban J connectivity index is 3.04. The predicted octanol–water partition coefficient (Wildman–Crippen LogP) is 2.32. The van der Waals surface area contributed by atoms with Crippen LogP contribution < -0.4 is 0 Å². The molecule has 8 heteroatoms. The Morgan fingerprint density at radius 3 is 2.88 bits per heavy atom. The van der Waals surface area contributed by atoms with Crippen LogP contribution in [0.25, 0.3) is 0 Å². The van der Waals surface area contributed by atoms with Crippen LogP contribution in [0.15, 0.2) is 21.8 Å². The van der Waals surface area contributed by atoms with Gasteiger partial charge in [-0.3, -0.25) is 14.9 Å². The number of nitro groups is 1. The molecule has 0 aliphatic heterocycles. The lowest BCUT2D eigenvalue weighted by Crippen LogP contribution is -2.12. The number of nitrogens with zero attached hydrogens (tertiary/aromatic N) is 2. The van der Waals surface area contributed by atoms with E-state index in [0.29, 0.717) is 4.47 Å². The van der Waals surface area contributed by atoms with Gasteiger partial charge in [-0.05, 0) is 22.9 Å². The highest BCUT2D eigenvalue weighted by atomic mass is 79.9. The quantitative estimate of drug-likeness (QED) is 0.521. The molecule has 0 radical (unpaired) electrons. The maximum Gasteiger partial charge on any atom is 0.316 e. The number of carboxylic acid groups (broad SMARTS) is 1. The summed E-state index contributed by atoms with van der Waals surface area (Å²) in [5.74, 6) is -1.04. The summed E-state index contributed by atoms with van der Waals surface area (Å²) in [5, 5.41) is 18.7. The third kappa shape index (κ3) is 3.17. The van der Waals surface area contributed by atoms with E-state index in [-0.39, 0.29) is 10.7 Å². The van der Waals surface area contributed by atoms with Crippen LogP contribution in [0.3, 0.4) is 0 Å². The van der Waals surface area contributed by atoms with Gasteiger partial charge >= 0.3 is 11.7 Å². The first-order chi connectivity index (χ1) is 7.41. The first-order valence-corrected chi connectivity index (χ1v) is 5.78. The lowest BCUT2D eigenvalue weighted by Gasteiger charge is -2.05. The highest BCUT2D eigenvalue weighted by Crippen LogP contribution is 2.31. The molecule has 16 heavy (non-hydrogen) atoms. The number of hydrogen-bond donors (Lipinski definition) is 1. The van der Waals surface area contributed by atoms with Crippen LogP contribution >= 0.6 is 27.7 Å². The van der Waals surface area contributed by atoms with Crippen molar-refractivity contribution < 1.29 is 14.8 Å². The standard InChI is InChI=1S/C8H7BrN2O4S/c1-4(8(12)13)16-7-6(11(14)15)2-5(9)3-10-7/h2-4H,1H3,(H,12,13). The smallest absolute Gasteiger partial charge is 0.316 e. The maximum atomic E-state index is 10.7. The minimum atomic E-state index is -1.04. The molecule has 0 aliphatic rings. The van der Waals surface area contributed by atoms with Crippen molar-refractivity contribution in [2.75, 3.05) is 0 Å². The summed E-state index contributed by atoms with van der Waals surface area (Å²) < 4.78 is 0.478. The van der Waals surface area contributed by atoms with Crippen molar-refractivity contribution in [3.63, 3.8) is 0 Å². The number of thioether (sulfide) groups is 1. The van der Waals surface area contributed by atoms with E-state index in [1.54, 1.807) is 0 Å². The van der Waals surface area contributed by atoms with Gasteiger partial charge in [0, 0.05) is 16.7 Å². The Hall–Kier alpha value is -1.15. The summed E-state index contributed by atoms with van der Waals surface area (Å²) in [6, 6.07) is 1.30. The molecule has 0 spiro atoms. The van der Waals surface area contributed by atoms with Gasteiger partial charge in [0.1, 0.15) is 5.25 Å². The predicted molar refractivity (Wildman–Crippen MR) is 61.5 cm³/mol. The number of aliphatic carboxylic acids is 1. The van der Waals surface area contributed by atoms with Gasteiger partial charge in [0.05, 0.1) is 4.92 Å². The monoisotopic (exact) mass is 306 g/mol. The molecule has 1 aromatic rings. The molecular weight excluding hydrogens is 300 g/mol. The van der Waals surface area contributed by atoms with E-state index in [1.807, 2.05) is 0 Å². The van der Waals surface area contributed by atoms with Gasteiger partial charge in [0.15, 0.2) is 5.03 Å². The number of carboxylic acids is 1. The maximum absolute atomic E-state index is 10.7. The van der Waals surface area contributed by atoms with E-state index < -0.39 is 16.1 Å². The van der Waals surface area contributed by atoms with Crippen molar-refractivity contribution in [1.82, 2.24) is 4.98 Å². The summed E-state index contributed by atoms with van der Waals surface area (Å²) in [5.41, 5.74) is -0.201. The summed E-state index contributed by atoms with van der Waals surface area (Å²) in [6.07, 6.45) is 1.39. The Kier molecular flexibility index (Phi) is 4.25. The van der Waals surface area contributed by atoms with Crippen molar-refractivity contribution in [2.45, 2.75) is 17.2 Å². The SMILES string of the molecule is CC(Sc1ncc(Br)cc1[N+](=O)[O-])C(=O)O. The van der Waals surface area contributed by atoms with E-state index >= 15 is 0 Å². The molecule has 6 nitrogen and oxygen atoms in total. The molecule has 0 saturated carbocycles. The number of pyridine rings is 1. The third-order valence-corrected chi connectivity index (χ3v) is 3.16. The first-order valence-electron chi connectivity index (χ1n) is 4.11. The average Bonchev–Trinajstić information content (AvgIpc) is 2.20. The van der Waals surface area contributed by atoms with Crippen molar-refractivity contribution in [2.24, 2.45) is 0 Å². The van der Waals surface area contributed by atoms with E-state index in [2.05, 4.69) is 20.9 Å². The minimum Gasteiger partial charge on any atom is -0.480 e. The molecule has 0 saturated heterocycles. The fourth-order valence-electron chi connectivity index (χ4n) is 0.855. The van der Waals surface area contributed by atoms with Crippen LogP contribution in [0.2, 0.25) is 0 Å². The van der Waals surface area contributed by atoms with Crippen LogP contribution in [-0.4, -0.2) is 26.2 Å². The summed E-state index contributed by atoms with van der Waals surface area (Å²) in [6.45, 7) is 1.44. The zero-order valence-electron chi connectivity index (χ0n) is 8.08. The van der Waals surface area contributed by atoms with Gasteiger partial charge in [-0.1, -0.05) is 11.8 Å². The second-order valence-corrected chi connectivity index (χ2v) is 5.08. The molecule has 0 fully saturated rings. The van der Waals surface area contributed by atoms with Gasteiger partial charge in [-0.25, -0.2) is 4.98 Å². The van der Waals surface area contributed by atoms with Crippen LogP contribution in [0.5, 0.6) is 0 Å². The number of halogens is 1. The van der Waals surface area contributed by atoms with Gasteiger partial charge in [-0.2, -0.15) is 0 Å². The third-order valence-electron chi connectivity index (χ3n) is 1.63. The number of hydrogen-bond acceptors (Lipinski definition) is 5. The van der Waals surface area contributed by atoms with Crippen molar-refractivity contribution in [3.8, 4) is 0 Å². The topological polar surface area (TPSA) is 93.3 Å². The summed E-state index contributed by atoms with van der Waals surface area (Å²) in [4.78, 5) is 24.6. The van der Waals surface area contributed by atoms with Crippen molar-refractivity contribution in [1.29, 1.82) is 0 Å². The van der Waals surface area contributed by atoms with Crippen LogP contribution in [-0.2, 0) is 4.79 Å². The molecule has 1 aromatic heterocycles. The first kappa shape index (κ1) is 12.9. The largest absolute Gasteiger partial charge is 0.480 e. The summed E-state index contributed by atoms with van der Waals surface area (Å²) in [7, 11) is 0. The minimum absolute atomic E-state index is 0.100. The molecule has 1 atom stereocenters. The Bertz CT molecular complexity index is 440. The molecular formula is C8H7BrN2O4S. The lowest BCUT2D eigenvalue weighted by molar-refractivity contribution is -0.388. The van der Waals surface area contributed by atoms with Crippen LogP contribution in [0.1, 0.15) is 6.92 Å². The van der Waals surface area contributed by atoms with Crippen molar-refractivity contribution >= 4 is 39.3 Å². The molecule has 1 N–H and O–H groups in total. The molecule has 1 heterocycles. The average molecular weight is 307 g/mol. The van der Waals surface area contributed by atoms with E-state index in [9.17, 15) is 14.9 Å². The molecule has 1 rings (SSSR count). The number of carbonyl (C=O) groups is 1. The van der Waals surface area contributed by atoms with Crippen molar-refractivity contribution in [3.05, 3.63) is 26.9 Å². The summed E-state index contributed by atoms with van der Waals surface area (Å²) >= 11 is 3.91.